The monoisotopic (exact) mass is 440 g/mol. The summed E-state index contributed by atoms with van der Waals surface area (Å²) in [7, 11) is 0. The smallest absolute Gasteiger partial charge is 0.335 e. The summed E-state index contributed by atoms with van der Waals surface area (Å²) in [5.74, 6) is -1.00. The van der Waals surface area contributed by atoms with Crippen LogP contribution in [0.1, 0.15) is 33.4 Å². The molecule has 2 aromatic carbocycles. The number of carbonyl (C=O) groups is 2. The van der Waals surface area contributed by atoms with E-state index in [0.717, 1.165) is 21.4 Å². The van der Waals surface area contributed by atoms with E-state index in [2.05, 4.69) is 31.2 Å². The number of nitrogens with one attached hydrogen (secondary N) is 2. The van der Waals surface area contributed by atoms with Crippen LogP contribution in [0.5, 0.6) is 0 Å². The molecule has 0 aliphatic carbocycles. The van der Waals surface area contributed by atoms with Crippen molar-refractivity contribution in [2.75, 3.05) is 11.9 Å². The highest BCUT2D eigenvalue weighted by Gasteiger charge is 2.34. The van der Waals surface area contributed by atoms with Gasteiger partial charge in [-0.3, -0.25) is 0 Å². The van der Waals surface area contributed by atoms with Gasteiger partial charge in [-0.05, 0) is 42.0 Å². The van der Waals surface area contributed by atoms with Gasteiger partial charge in [0.25, 0.3) is 0 Å². The number of rotatable bonds is 3. The van der Waals surface area contributed by atoms with Crippen molar-refractivity contribution in [3.8, 4) is 0 Å². The van der Waals surface area contributed by atoms with Crippen LogP contribution in [0.2, 0.25) is 0 Å². The normalized spacial score (nSPS) is 15.8. The van der Waals surface area contributed by atoms with E-state index >= 15 is 0 Å². The summed E-state index contributed by atoms with van der Waals surface area (Å²) in [6.45, 7) is 0.537. The van der Waals surface area contributed by atoms with Gasteiger partial charge in [0.15, 0.2) is 0 Å². The van der Waals surface area contributed by atoms with Gasteiger partial charge >= 0.3 is 12.0 Å². The molecular weight excluding hydrogens is 424 g/mol. The van der Waals surface area contributed by atoms with Crippen molar-refractivity contribution < 1.29 is 14.7 Å². The van der Waals surface area contributed by atoms with Crippen LogP contribution in [-0.4, -0.2) is 38.5 Å². The first-order valence-corrected chi connectivity index (χ1v) is 9.51. The average Bonchev–Trinajstić information content (AvgIpc) is 3.17. The third-order valence-corrected chi connectivity index (χ3v) is 5.28. The molecule has 1 atom stereocenters. The van der Waals surface area contributed by atoms with E-state index in [1.54, 1.807) is 23.4 Å². The molecule has 0 fully saturated rings. The second-order valence-corrected chi connectivity index (χ2v) is 7.39. The first kappa shape index (κ1) is 18.2. The summed E-state index contributed by atoms with van der Waals surface area (Å²) in [6.07, 6.45) is 2.34. The average molecular weight is 441 g/mol. The number of H-pyrrole nitrogens is 1. The second-order valence-electron chi connectivity index (χ2n) is 6.48. The molecule has 0 unspecified atom stereocenters. The zero-order valence-electron chi connectivity index (χ0n) is 14.7. The zero-order chi connectivity index (χ0) is 19.7. The molecule has 0 radical (unpaired) electrons. The molecule has 2 amide bonds. The predicted molar refractivity (Wildman–Crippen MR) is 107 cm³/mol. The number of halogens is 1. The fourth-order valence-electron chi connectivity index (χ4n) is 3.37. The van der Waals surface area contributed by atoms with Crippen molar-refractivity contribution >= 4 is 33.6 Å². The molecule has 3 aromatic rings. The van der Waals surface area contributed by atoms with Crippen LogP contribution in [0.3, 0.4) is 0 Å². The Labute approximate surface area is 169 Å². The van der Waals surface area contributed by atoms with Crippen LogP contribution in [0, 0.1) is 0 Å². The number of aromatic carboxylic acids is 1. The minimum absolute atomic E-state index is 0.171. The van der Waals surface area contributed by atoms with Crippen LogP contribution in [-0.2, 0) is 6.42 Å². The molecule has 0 saturated carbocycles. The molecule has 142 valence electrons. The van der Waals surface area contributed by atoms with Crippen LogP contribution in [0.15, 0.2) is 59.3 Å². The van der Waals surface area contributed by atoms with E-state index < -0.39 is 5.97 Å². The first-order valence-electron chi connectivity index (χ1n) is 8.71. The number of amides is 2. The number of aromatic amines is 1. The molecule has 1 aromatic heterocycles. The molecule has 3 N–H and O–H groups in total. The van der Waals surface area contributed by atoms with Gasteiger partial charge in [-0.2, -0.15) is 0 Å². The van der Waals surface area contributed by atoms with Crippen LogP contribution >= 0.6 is 15.9 Å². The minimum atomic E-state index is -1.00. The van der Waals surface area contributed by atoms with E-state index in [9.17, 15) is 9.59 Å². The Bertz CT molecular complexity index is 1010. The number of anilines is 1. The molecule has 0 bridgehead atoms. The van der Waals surface area contributed by atoms with Gasteiger partial charge in [0.05, 0.1) is 17.6 Å². The van der Waals surface area contributed by atoms with E-state index in [0.29, 0.717) is 18.7 Å². The Balaban J connectivity index is 1.62. The van der Waals surface area contributed by atoms with E-state index in [1.165, 1.54) is 12.1 Å². The summed E-state index contributed by atoms with van der Waals surface area (Å²) in [5, 5.41) is 11.9. The summed E-state index contributed by atoms with van der Waals surface area (Å²) in [5.41, 5.74) is 3.54. The Morgan fingerprint density at radius 3 is 2.54 bits per heavy atom. The molecule has 28 heavy (non-hydrogen) atoms. The van der Waals surface area contributed by atoms with E-state index in [1.807, 2.05) is 24.3 Å². The van der Waals surface area contributed by atoms with E-state index in [4.69, 9.17) is 5.11 Å². The molecule has 7 nitrogen and oxygen atoms in total. The number of carbonyl (C=O) groups excluding carboxylic acids is 1. The predicted octanol–water partition coefficient (Wildman–Crippen LogP) is 4.05. The maximum Gasteiger partial charge on any atom is 0.335 e. The summed E-state index contributed by atoms with van der Waals surface area (Å²) >= 11 is 3.44. The Hall–Kier alpha value is -3.13. The van der Waals surface area contributed by atoms with Gasteiger partial charge in [0.1, 0.15) is 6.04 Å². The minimum Gasteiger partial charge on any atom is -0.478 e. The van der Waals surface area contributed by atoms with Crippen molar-refractivity contribution in [2.45, 2.75) is 12.5 Å². The van der Waals surface area contributed by atoms with Gasteiger partial charge in [-0.1, -0.05) is 28.1 Å². The van der Waals surface area contributed by atoms with Crippen molar-refractivity contribution in [3.63, 3.8) is 0 Å². The third-order valence-electron chi connectivity index (χ3n) is 4.75. The van der Waals surface area contributed by atoms with Crippen molar-refractivity contribution in [1.82, 2.24) is 14.9 Å². The van der Waals surface area contributed by atoms with Crippen molar-refractivity contribution in [3.05, 3.63) is 81.8 Å². The fourth-order valence-corrected chi connectivity index (χ4v) is 3.63. The number of aromatic nitrogens is 2. The largest absolute Gasteiger partial charge is 0.478 e. The number of benzene rings is 2. The van der Waals surface area contributed by atoms with Gasteiger partial charge in [0, 0.05) is 28.8 Å². The lowest BCUT2D eigenvalue weighted by Crippen LogP contribution is -2.43. The third kappa shape index (κ3) is 3.50. The maximum absolute atomic E-state index is 13.0. The number of hydrogen-bond donors (Lipinski definition) is 3. The number of hydrogen-bond acceptors (Lipinski definition) is 3. The number of urea groups is 1. The van der Waals surface area contributed by atoms with Crippen LogP contribution < -0.4 is 5.32 Å². The first-order chi connectivity index (χ1) is 13.5. The zero-order valence-corrected chi connectivity index (χ0v) is 16.3. The van der Waals surface area contributed by atoms with Crippen LogP contribution in [0.4, 0.5) is 10.5 Å². The van der Waals surface area contributed by atoms with Crippen molar-refractivity contribution in [2.24, 2.45) is 0 Å². The molecular formula is C20H17BrN4O3. The lowest BCUT2D eigenvalue weighted by atomic mass is 9.96. The highest BCUT2D eigenvalue weighted by Crippen LogP contribution is 2.34. The van der Waals surface area contributed by atoms with Gasteiger partial charge < -0.3 is 20.3 Å². The van der Waals surface area contributed by atoms with Gasteiger partial charge in [-0.15, -0.1) is 0 Å². The SMILES string of the molecule is O=C(O)c1ccc(NC(=O)N2CCc3[nH]cnc3[C@@H]2c2ccc(Br)cc2)cc1. The molecule has 8 heteroatoms. The summed E-state index contributed by atoms with van der Waals surface area (Å²) in [6, 6.07) is 13.4. The highest BCUT2D eigenvalue weighted by molar-refractivity contribution is 9.10. The highest BCUT2D eigenvalue weighted by atomic mass is 79.9. The number of carboxylic acid groups (broad SMARTS) is 1. The number of nitrogens with zero attached hydrogens (tertiary/aromatic N) is 2. The molecule has 0 spiro atoms. The molecule has 2 heterocycles. The number of imidazole rings is 1. The Kier molecular flexibility index (Phi) is 4.87. The Morgan fingerprint density at radius 1 is 1.14 bits per heavy atom. The quantitative estimate of drug-likeness (QED) is 0.571. The lowest BCUT2D eigenvalue weighted by Gasteiger charge is -2.35. The van der Waals surface area contributed by atoms with Crippen molar-refractivity contribution in [1.29, 1.82) is 0 Å². The molecule has 1 aliphatic heterocycles. The van der Waals surface area contributed by atoms with Gasteiger partial charge in [-0.25, -0.2) is 14.6 Å². The van der Waals surface area contributed by atoms with Gasteiger partial charge in [0.2, 0.25) is 0 Å². The van der Waals surface area contributed by atoms with Crippen LogP contribution in [0.25, 0.3) is 0 Å². The topological polar surface area (TPSA) is 98.3 Å². The number of carboxylic acids is 1. The molecule has 1 aliphatic rings. The maximum atomic E-state index is 13.0. The Morgan fingerprint density at radius 2 is 1.86 bits per heavy atom. The summed E-state index contributed by atoms with van der Waals surface area (Å²) in [4.78, 5) is 33.4. The second kappa shape index (κ2) is 7.47. The van der Waals surface area contributed by atoms with E-state index in [-0.39, 0.29) is 17.6 Å². The molecule has 0 saturated heterocycles. The fraction of sp³-hybridized carbons (Fsp3) is 0.150. The standard InChI is InChI=1S/C20H17BrN4O3/c21-14-5-1-12(2-6-14)18-17-16(22-11-23-17)9-10-25(18)20(28)24-15-7-3-13(4-8-15)19(26)27/h1-8,11,18H,9-10H2,(H,22,23)(H,24,28)(H,26,27)/t18-/m0/s1. The summed E-state index contributed by atoms with van der Waals surface area (Å²) < 4.78 is 0.962. The number of fused-ring (bicyclic) bond motifs is 1. The lowest BCUT2D eigenvalue weighted by molar-refractivity contribution is 0.0697. The molecule has 4 rings (SSSR count).